The van der Waals surface area contributed by atoms with Crippen LogP contribution < -0.4 is 5.32 Å². The maximum absolute atomic E-state index is 12.3. The van der Waals surface area contributed by atoms with Crippen LogP contribution in [-0.2, 0) is 0 Å². The number of carboxylic acid groups (broad SMARTS) is 1. The Bertz CT molecular complexity index is 947. The van der Waals surface area contributed by atoms with Gasteiger partial charge in [0.25, 0.3) is 0 Å². The Kier molecular flexibility index (Phi) is 7.48. The van der Waals surface area contributed by atoms with Crippen LogP contribution in [0.3, 0.4) is 0 Å². The Morgan fingerprint density at radius 1 is 1.17 bits per heavy atom. The van der Waals surface area contributed by atoms with Crippen LogP contribution in [0.15, 0.2) is 42.1 Å². The molecule has 2 aliphatic rings. The summed E-state index contributed by atoms with van der Waals surface area (Å²) in [5.74, 6) is -1.15. The van der Waals surface area contributed by atoms with Crippen LogP contribution in [0.1, 0.15) is 54.8 Å². The number of carboxylic acids is 1. The van der Waals surface area contributed by atoms with Gasteiger partial charge in [-0.3, -0.25) is 9.59 Å². The van der Waals surface area contributed by atoms with Crippen molar-refractivity contribution in [2.24, 2.45) is 0 Å². The lowest BCUT2D eigenvalue weighted by molar-refractivity contribution is 0.0696. The highest BCUT2D eigenvalue weighted by Gasteiger charge is 2.29. The van der Waals surface area contributed by atoms with E-state index >= 15 is 0 Å². The largest absolute Gasteiger partial charge is 0.478 e. The number of aromatic carboxylic acids is 1. The van der Waals surface area contributed by atoms with Crippen molar-refractivity contribution in [3.8, 4) is 0 Å². The van der Waals surface area contributed by atoms with Gasteiger partial charge in [-0.1, -0.05) is 24.6 Å². The molecule has 1 aliphatic heterocycles. The Morgan fingerprint density at radius 2 is 1.87 bits per heavy atom. The number of nitrogens with zero attached hydrogens (tertiary/aromatic N) is 2. The first kappa shape index (κ1) is 21.9. The molecule has 7 nitrogen and oxygen atoms in total. The van der Waals surface area contributed by atoms with Crippen LogP contribution >= 0.6 is 11.3 Å². The molecule has 1 aromatic heterocycles. The number of aromatic nitrogens is 1. The summed E-state index contributed by atoms with van der Waals surface area (Å²) < 4.78 is 0. The van der Waals surface area contributed by atoms with Crippen molar-refractivity contribution in [3.63, 3.8) is 0 Å². The summed E-state index contributed by atoms with van der Waals surface area (Å²) in [6.07, 6.45) is 5.23. The summed E-state index contributed by atoms with van der Waals surface area (Å²) in [6, 6.07) is 8.30. The zero-order chi connectivity index (χ0) is 21.5. The molecule has 1 aliphatic carbocycles. The first-order valence-electron chi connectivity index (χ1n) is 9.98. The number of carbonyl (C=O) groups is 3. The van der Waals surface area contributed by atoms with E-state index in [1.807, 2.05) is 6.92 Å². The highest BCUT2D eigenvalue weighted by molar-refractivity contribution is 7.14. The molecule has 8 heteroatoms. The fourth-order valence-electron chi connectivity index (χ4n) is 3.38. The number of aryl methyl sites for hydroxylation is 1. The van der Waals surface area contributed by atoms with Crippen LogP contribution in [0, 0.1) is 6.92 Å². The maximum Gasteiger partial charge on any atom is 0.335 e. The van der Waals surface area contributed by atoms with Gasteiger partial charge in [0.2, 0.25) is 5.78 Å². The minimum absolute atomic E-state index is 0.115. The third-order valence-corrected chi connectivity index (χ3v) is 5.89. The number of nitrogens with one attached hydrogen (secondary N) is 1. The number of piperidine rings is 1. The molecule has 1 fully saturated rings. The molecule has 2 heterocycles. The molecular weight excluding hydrogens is 402 g/mol. The first-order chi connectivity index (χ1) is 14.5. The highest BCUT2D eigenvalue weighted by Crippen LogP contribution is 2.25. The molecule has 0 radical (unpaired) electrons. The Balaban J connectivity index is 0.000000239. The van der Waals surface area contributed by atoms with E-state index in [1.165, 1.54) is 36.7 Å². The summed E-state index contributed by atoms with van der Waals surface area (Å²) in [6.45, 7) is 5.66. The van der Waals surface area contributed by atoms with Gasteiger partial charge in [-0.25, -0.2) is 9.78 Å². The standard InChI is InChI=1S/C15H19N3O2S.C7H6O2/c1-10-17-13-14(20)11(9-12(19)15(13)21-10)16-5-8-18-6-3-2-4-7-18;8-7(9)6-4-2-1-3-5-6/h9,16H,2-8H2,1H3;1-5H,(H,8,9). The normalized spacial score (nSPS) is 16.2. The number of Topliss-reactive ketones (excluding diaryl/α,β-unsaturated/α-hetero) is 1. The number of allylic oxidation sites excluding steroid dienone is 2. The number of benzene rings is 1. The van der Waals surface area contributed by atoms with Gasteiger partial charge < -0.3 is 15.3 Å². The van der Waals surface area contributed by atoms with E-state index in [2.05, 4.69) is 15.2 Å². The van der Waals surface area contributed by atoms with Gasteiger partial charge in [0.05, 0.1) is 16.3 Å². The third kappa shape index (κ3) is 5.61. The van der Waals surface area contributed by atoms with Crippen molar-refractivity contribution in [2.45, 2.75) is 26.2 Å². The van der Waals surface area contributed by atoms with Gasteiger partial charge in [-0.15, -0.1) is 11.3 Å². The van der Waals surface area contributed by atoms with E-state index in [1.54, 1.807) is 30.3 Å². The third-order valence-electron chi connectivity index (χ3n) is 4.91. The molecule has 4 rings (SSSR count). The predicted octanol–water partition coefficient (Wildman–Crippen LogP) is 3.17. The number of fused-ring (bicyclic) bond motifs is 1. The van der Waals surface area contributed by atoms with Gasteiger partial charge in [-0.05, 0) is 45.0 Å². The minimum Gasteiger partial charge on any atom is -0.478 e. The summed E-state index contributed by atoms with van der Waals surface area (Å²) in [7, 11) is 0. The van der Waals surface area contributed by atoms with E-state index in [-0.39, 0.29) is 11.6 Å². The van der Waals surface area contributed by atoms with Gasteiger partial charge in [0.1, 0.15) is 10.6 Å². The molecule has 30 heavy (non-hydrogen) atoms. The summed E-state index contributed by atoms with van der Waals surface area (Å²) >= 11 is 1.29. The van der Waals surface area contributed by atoms with Crippen LogP contribution in [0.5, 0.6) is 0 Å². The smallest absolute Gasteiger partial charge is 0.335 e. The molecule has 0 bridgehead atoms. The fourth-order valence-corrected chi connectivity index (χ4v) is 4.21. The Labute approximate surface area is 179 Å². The topological polar surface area (TPSA) is 99.6 Å². The highest BCUT2D eigenvalue weighted by atomic mass is 32.1. The predicted molar refractivity (Wildman–Crippen MR) is 115 cm³/mol. The average Bonchev–Trinajstić information content (AvgIpc) is 3.16. The number of carbonyl (C=O) groups excluding carboxylic acids is 2. The quantitative estimate of drug-likeness (QED) is 0.756. The zero-order valence-corrected chi connectivity index (χ0v) is 17.7. The molecular formula is C22H25N3O4S. The zero-order valence-electron chi connectivity index (χ0n) is 16.9. The van der Waals surface area contributed by atoms with Crippen molar-refractivity contribution in [3.05, 3.63) is 63.2 Å². The van der Waals surface area contributed by atoms with Crippen molar-refractivity contribution < 1.29 is 19.5 Å². The van der Waals surface area contributed by atoms with Crippen LogP contribution in [0.2, 0.25) is 0 Å². The number of ketones is 2. The molecule has 1 saturated heterocycles. The van der Waals surface area contributed by atoms with E-state index in [0.29, 0.717) is 28.4 Å². The molecule has 2 aromatic rings. The number of likely N-dealkylation sites (tertiary alicyclic amines) is 1. The second-order valence-corrected chi connectivity index (χ2v) is 8.37. The van der Waals surface area contributed by atoms with Crippen LogP contribution in [0.4, 0.5) is 0 Å². The van der Waals surface area contributed by atoms with Gasteiger partial charge in [-0.2, -0.15) is 0 Å². The average molecular weight is 428 g/mol. The maximum atomic E-state index is 12.3. The second-order valence-electron chi connectivity index (χ2n) is 7.16. The lowest BCUT2D eigenvalue weighted by Gasteiger charge is -2.26. The molecule has 1 aromatic carbocycles. The molecule has 2 N–H and O–H groups in total. The Morgan fingerprint density at radius 3 is 2.50 bits per heavy atom. The molecule has 0 saturated carbocycles. The molecule has 0 atom stereocenters. The van der Waals surface area contributed by atoms with E-state index in [0.717, 1.165) is 24.6 Å². The number of thiazole rings is 1. The molecule has 0 unspecified atom stereocenters. The monoisotopic (exact) mass is 427 g/mol. The SMILES string of the molecule is Cc1nc2c(s1)C(=O)C=C(NCCN1CCCCC1)C2=O.O=C(O)c1ccccc1. The van der Waals surface area contributed by atoms with E-state index in [4.69, 9.17) is 5.11 Å². The summed E-state index contributed by atoms with van der Waals surface area (Å²) in [5.41, 5.74) is 1.03. The lowest BCUT2D eigenvalue weighted by Crippen LogP contribution is -2.37. The van der Waals surface area contributed by atoms with Crippen molar-refractivity contribution in [1.29, 1.82) is 0 Å². The summed E-state index contributed by atoms with van der Waals surface area (Å²) in [4.78, 5) is 41.6. The fraction of sp³-hybridized carbons (Fsp3) is 0.364. The number of hydrogen-bond acceptors (Lipinski definition) is 7. The summed E-state index contributed by atoms with van der Waals surface area (Å²) in [5, 5.41) is 12.3. The van der Waals surface area contributed by atoms with Gasteiger partial charge in [0.15, 0.2) is 5.78 Å². The Hall–Kier alpha value is -2.84. The van der Waals surface area contributed by atoms with E-state index in [9.17, 15) is 14.4 Å². The van der Waals surface area contributed by atoms with Crippen molar-refractivity contribution in [1.82, 2.24) is 15.2 Å². The molecule has 0 amide bonds. The van der Waals surface area contributed by atoms with Crippen LogP contribution in [0.25, 0.3) is 0 Å². The second kappa shape index (κ2) is 10.3. The van der Waals surface area contributed by atoms with Crippen molar-refractivity contribution >= 4 is 28.9 Å². The molecule has 0 spiro atoms. The van der Waals surface area contributed by atoms with Gasteiger partial charge >= 0.3 is 5.97 Å². The number of hydrogen-bond donors (Lipinski definition) is 2. The lowest BCUT2D eigenvalue weighted by atomic mass is 10.0. The van der Waals surface area contributed by atoms with E-state index < -0.39 is 5.97 Å². The molecule has 158 valence electrons. The number of rotatable bonds is 5. The van der Waals surface area contributed by atoms with Crippen molar-refractivity contribution in [2.75, 3.05) is 26.2 Å². The van der Waals surface area contributed by atoms with Gasteiger partial charge in [0, 0.05) is 19.2 Å². The minimum atomic E-state index is -0.879. The van der Waals surface area contributed by atoms with Crippen LogP contribution in [-0.4, -0.2) is 58.7 Å². The first-order valence-corrected chi connectivity index (χ1v) is 10.8.